The third-order valence-corrected chi connectivity index (χ3v) is 4.42. The standard InChI is InChI=1S/C15H19NOS2/c1-2-3-4-9-16-13(14-6-5-10-19-14)8-7-12(11-18)15(16)17/h5-8,10,18H,2-4,9,11H2,1H3. The normalized spacial score (nSPS) is 10.8. The molecule has 2 aromatic heterocycles. The molecule has 0 amide bonds. The predicted molar refractivity (Wildman–Crippen MR) is 86.2 cm³/mol. The average molecular weight is 293 g/mol. The molecule has 2 nitrogen and oxygen atoms in total. The number of unbranched alkanes of at least 4 members (excludes halogenated alkanes) is 2. The molecule has 2 rings (SSSR count). The highest BCUT2D eigenvalue weighted by atomic mass is 32.1. The van der Waals surface area contributed by atoms with E-state index >= 15 is 0 Å². The molecule has 102 valence electrons. The SMILES string of the molecule is CCCCCn1c(-c2cccs2)ccc(CS)c1=O. The molecule has 2 heterocycles. The molecule has 0 bridgehead atoms. The maximum absolute atomic E-state index is 12.4. The lowest BCUT2D eigenvalue weighted by Crippen LogP contribution is -2.24. The predicted octanol–water partition coefficient (Wildman–Crippen LogP) is 4.20. The minimum absolute atomic E-state index is 0.108. The van der Waals surface area contributed by atoms with Gasteiger partial charge in [-0.2, -0.15) is 12.6 Å². The molecule has 0 atom stereocenters. The van der Waals surface area contributed by atoms with Gasteiger partial charge in [0.15, 0.2) is 0 Å². The van der Waals surface area contributed by atoms with Crippen LogP contribution in [0.1, 0.15) is 31.7 Å². The van der Waals surface area contributed by atoms with Crippen LogP contribution in [0.4, 0.5) is 0 Å². The van der Waals surface area contributed by atoms with E-state index in [1.54, 1.807) is 11.3 Å². The highest BCUT2D eigenvalue weighted by molar-refractivity contribution is 7.79. The topological polar surface area (TPSA) is 22.0 Å². The molecule has 0 unspecified atom stereocenters. The van der Waals surface area contributed by atoms with Crippen LogP contribution >= 0.6 is 24.0 Å². The van der Waals surface area contributed by atoms with Gasteiger partial charge < -0.3 is 4.57 Å². The van der Waals surface area contributed by atoms with Crippen molar-refractivity contribution in [2.24, 2.45) is 0 Å². The van der Waals surface area contributed by atoms with Crippen molar-refractivity contribution in [3.63, 3.8) is 0 Å². The van der Waals surface area contributed by atoms with Crippen molar-refractivity contribution < 1.29 is 0 Å². The number of pyridine rings is 1. The second-order valence-corrected chi connectivity index (χ2v) is 5.81. The number of hydrogen-bond donors (Lipinski definition) is 1. The zero-order valence-electron chi connectivity index (χ0n) is 11.1. The molecule has 0 saturated heterocycles. The van der Waals surface area contributed by atoms with Crippen molar-refractivity contribution >= 4 is 24.0 Å². The van der Waals surface area contributed by atoms with Gasteiger partial charge in [-0.1, -0.05) is 31.9 Å². The van der Waals surface area contributed by atoms with E-state index < -0.39 is 0 Å². The number of thiol groups is 1. The van der Waals surface area contributed by atoms with E-state index in [9.17, 15) is 4.79 Å². The molecule has 0 aromatic carbocycles. The van der Waals surface area contributed by atoms with Crippen molar-refractivity contribution in [2.75, 3.05) is 0 Å². The zero-order valence-corrected chi connectivity index (χ0v) is 12.8. The van der Waals surface area contributed by atoms with Crippen molar-refractivity contribution in [3.8, 4) is 10.6 Å². The molecule has 0 fully saturated rings. The van der Waals surface area contributed by atoms with Gasteiger partial charge in [-0.3, -0.25) is 4.79 Å². The molecule has 0 saturated carbocycles. The van der Waals surface area contributed by atoms with E-state index in [2.05, 4.69) is 25.6 Å². The summed E-state index contributed by atoms with van der Waals surface area (Å²) in [5.41, 5.74) is 1.92. The molecule has 0 radical (unpaired) electrons. The first-order valence-electron chi connectivity index (χ1n) is 6.65. The first-order chi connectivity index (χ1) is 9.27. The molecule has 0 aliphatic rings. The van der Waals surface area contributed by atoms with Gasteiger partial charge in [0.1, 0.15) is 0 Å². The molecule has 0 spiro atoms. The fourth-order valence-corrected chi connectivity index (χ4v) is 3.13. The van der Waals surface area contributed by atoms with Crippen LogP contribution in [0.3, 0.4) is 0 Å². The molecular formula is C15H19NOS2. The second kappa shape index (κ2) is 6.96. The number of thiophene rings is 1. The average Bonchev–Trinajstić information content (AvgIpc) is 2.94. The van der Waals surface area contributed by atoms with Crippen LogP contribution in [-0.2, 0) is 12.3 Å². The molecule has 2 aromatic rings. The highest BCUT2D eigenvalue weighted by Gasteiger charge is 2.10. The van der Waals surface area contributed by atoms with Crippen LogP contribution in [0.5, 0.6) is 0 Å². The van der Waals surface area contributed by atoms with Crippen molar-refractivity contribution in [3.05, 3.63) is 45.6 Å². The molecule has 0 aliphatic carbocycles. The van der Waals surface area contributed by atoms with E-state index in [1.807, 2.05) is 28.1 Å². The number of aromatic nitrogens is 1. The Labute approximate surface area is 123 Å². The summed E-state index contributed by atoms with van der Waals surface area (Å²) in [5, 5.41) is 2.04. The van der Waals surface area contributed by atoms with Crippen molar-refractivity contribution in [1.29, 1.82) is 0 Å². The summed E-state index contributed by atoms with van der Waals surface area (Å²) >= 11 is 5.91. The maximum Gasteiger partial charge on any atom is 0.255 e. The summed E-state index contributed by atoms with van der Waals surface area (Å²) in [6.07, 6.45) is 3.36. The molecule has 4 heteroatoms. The first-order valence-corrected chi connectivity index (χ1v) is 8.16. The monoisotopic (exact) mass is 293 g/mol. The van der Waals surface area contributed by atoms with Gasteiger partial charge in [0.2, 0.25) is 0 Å². The van der Waals surface area contributed by atoms with Crippen molar-refractivity contribution in [1.82, 2.24) is 4.57 Å². The largest absolute Gasteiger partial charge is 0.307 e. The van der Waals surface area contributed by atoms with E-state index in [4.69, 9.17) is 0 Å². The van der Waals surface area contributed by atoms with Crippen LogP contribution in [0.15, 0.2) is 34.4 Å². The minimum Gasteiger partial charge on any atom is -0.307 e. The Morgan fingerprint density at radius 2 is 2.11 bits per heavy atom. The summed E-state index contributed by atoms with van der Waals surface area (Å²) in [7, 11) is 0. The van der Waals surface area contributed by atoms with E-state index in [-0.39, 0.29) is 5.56 Å². The maximum atomic E-state index is 12.4. The molecular weight excluding hydrogens is 274 g/mol. The van der Waals surface area contributed by atoms with Gasteiger partial charge in [-0.05, 0) is 23.9 Å². The Morgan fingerprint density at radius 1 is 1.26 bits per heavy atom. The Hall–Kier alpha value is -1.00. The van der Waals surface area contributed by atoms with Gasteiger partial charge in [-0.15, -0.1) is 11.3 Å². The van der Waals surface area contributed by atoms with Gasteiger partial charge in [0.05, 0.1) is 10.6 Å². The minimum atomic E-state index is 0.108. The summed E-state index contributed by atoms with van der Waals surface area (Å²) in [5.74, 6) is 0.497. The fourth-order valence-electron chi connectivity index (χ4n) is 2.13. The lowest BCUT2D eigenvalue weighted by Gasteiger charge is -2.13. The second-order valence-electron chi connectivity index (χ2n) is 4.54. The lowest BCUT2D eigenvalue weighted by molar-refractivity contribution is 0.590. The van der Waals surface area contributed by atoms with Gasteiger partial charge in [-0.25, -0.2) is 0 Å². The van der Waals surface area contributed by atoms with Crippen LogP contribution in [-0.4, -0.2) is 4.57 Å². The third-order valence-electron chi connectivity index (χ3n) is 3.18. The van der Waals surface area contributed by atoms with Crippen LogP contribution < -0.4 is 5.56 Å². The van der Waals surface area contributed by atoms with Gasteiger partial charge in [0.25, 0.3) is 5.56 Å². The van der Waals surface area contributed by atoms with Crippen LogP contribution in [0.25, 0.3) is 10.6 Å². The Morgan fingerprint density at radius 3 is 2.74 bits per heavy atom. The van der Waals surface area contributed by atoms with Crippen LogP contribution in [0.2, 0.25) is 0 Å². The zero-order chi connectivity index (χ0) is 13.7. The van der Waals surface area contributed by atoms with Crippen LogP contribution in [0, 0.1) is 0 Å². The summed E-state index contributed by atoms with van der Waals surface area (Å²) in [6, 6.07) is 8.04. The number of rotatable bonds is 6. The number of nitrogens with zero attached hydrogens (tertiary/aromatic N) is 1. The number of hydrogen-bond acceptors (Lipinski definition) is 3. The summed E-state index contributed by atoms with van der Waals surface area (Å²) < 4.78 is 1.91. The van der Waals surface area contributed by atoms with E-state index in [0.29, 0.717) is 5.75 Å². The molecule has 0 aliphatic heterocycles. The summed E-state index contributed by atoms with van der Waals surface area (Å²) in [4.78, 5) is 13.6. The highest BCUT2D eigenvalue weighted by Crippen LogP contribution is 2.24. The fraction of sp³-hybridized carbons (Fsp3) is 0.400. The van der Waals surface area contributed by atoms with E-state index in [1.165, 1.54) is 0 Å². The molecule has 0 N–H and O–H groups in total. The Balaban J connectivity index is 2.42. The Kier molecular flexibility index (Phi) is 5.28. The Bertz CT molecular complexity index is 572. The third kappa shape index (κ3) is 3.31. The molecule has 19 heavy (non-hydrogen) atoms. The van der Waals surface area contributed by atoms with E-state index in [0.717, 1.165) is 41.9 Å². The lowest BCUT2D eigenvalue weighted by atomic mass is 10.2. The van der Waals surface area contributed by atoms with Crippen molar-refractivity contribution in [2.45, 2.75) is 38.5 Å². The summed E-state index contributed by atoms with van der Waals surface area (Å²) in [6.45, 7) is 2.97. The van der Waals surface area contributed by atoms with Gasteiger partial charge in [0, 0.05) is 17.9 Å². The first kappa shape index (κ1) is 14.4. The smallest absolute Gasteiger partial charge is 0.255 e. The quantitative estimate of drug-likeness (QED) is 0.626. The van der Waals surface area contributed by atoms with Gasteiger partial charge >= 0.3 is 0 Å².